The van der Waals surface area contributed by atoms with Gasteiger partial charge in [-0.25, -0.2) is 0 Å². The first kappa shape index (κ1) is 35.7. The molecule has 0 aromatic heterocycles. The maximum absolute atomic E-state index is 11.4. The van der Waals surface area contributed by atoms with Crippen LogP contribution in [0.4, 0.5) is 11.4 Å². The molecule has 1 atom stereocenters. The average Bonchev–Trinajstić information content (AvgIpc) is 3.44. The van der Waals surface area contributed by atoms with Gasteiger partial charge in [0.25, 0.3) is 10.1 Å². The number of hydrogen-bond acceptors (Lipinski definition) is 2. The van der Waals surface area contributed by atoms with E-state index in [2.05, 4.69) is 155 Å². The van der Waals surface area contributed by atoms with Crippen LogP contribution < -0.4 is 4.90 Å². The molecular formula is C44H52N2O3S+2. The molecule has 1 unspecified atom stereocenters. The summed E-state index contributed by atoms with van der Waals surface area (Å²) in [4.78, 5) is 1.26. The van der Waals surface area contributed by atoms with Gasteiger partial charge in [-0.05, 0) is 86.7 Å². The van der Waals surface area contributed by atoms with E-state index in [-0.39, 0.29) is 16.6 Å². The molecule has 2 aliphatic heterocycles. The third-order valence-electron chi connectivity index (χ3n) is 10.7. The molecule has 0 saturated heterocycles. The summed E-state index contributed by atoms with van der Waals surface area (Å²) in [5, 5.41) is 5.11. The number of nitrogens with one attached hydrogen (secondary N) is 1. The van der Waals surface area contributed by atoms with E-state index in [9.17, 15) is 13.0 Å². The van der Waals surface area contributed by atoms with Gasteiger partial charge in [-0.15, -0.1) is 0 Å². The molecule has 2 N–H and O–H groups in total. The van der Waals surface area contributed by atoms with Gasteiger partial charge in [0.2, 0.25) is 5.69 Å². The van der Waals surface area contributed by atoms with Crippen molar-refractivity contribution in [2.24, 2.45) is 0 Å². The molecule has 6 heteroatoms. The van der Waals surface area contributed by atoms with E-state index in [0.29, 0.717) is 12.8 Å². The van der Waals surface area contributed by atoms with Crippen LogP contribution in [0.5, 0.6) is 0 Å². The lowest BCUT2D eigenvalue weighted by molar-refractivity contribution is -0.789. The number of fused-ring (bicyclic) bond motifs is 6. The van der Waals surface area contributed by atoms with Gasteiger partial charge in [0.1, 0.15) is 17.9 Å². The van der Waals surface area contributed by atoms with Crippen LogP contribution in [0.3, 0.4) is 0 Å². The van der Waals surface area contributed by atoms with Crippen molar-refractivity contribution in [3.63, 3.8) is 0 Å². The quantitative estimate of drug-likeness (QED) is 0.0637. The van der Waals surface area contributed by atoms with E-state index in [1.807, 2.05) is 0 Å². The van der Waals surface area contributed by atoms with Crippen LogP contribution in [0.2, 0.25) is 0 Å². The zero-order valence-electron chi connectivity index (χ0n) is 30.2. The van der Waals surface area contributed by atoms with Crippen LogP contribution in [-0.2, 0) is 20.9 Å². The monoisotopic (exact) mass is 688 g/mol. The van der Waals surface area contributed by atoms with E-state index in [0.717, 1.165) is 13.1 Å². The predicted octanol–water partition coefficient (Wildman–Crippen LogP) is 9.29. The molecule has 2 aliphatic rings. The van der Waals surface area contributed by atoms with Crippen LogP contribution in [0.1, 0.15) is 77.8 Å². The highest BCUT2D eigenvalue weighted by atomic mass is 32.2. The lowest BCUT2D eigenvalue weighted by atomic mass is 9.79. The summed E-state index contributed by atoms with van der Waals surface area (Å²) in [5.74, 6) is -0.207. The molecule has 0 saturated carbocycles. The van der Waals surface area contributed by atoms with Crippen molar-refractivity contribution in [1.82, 2.24) is 0 Å². The Morgan fingerprint density at radius 3 is 2.06 bits per heavy atom. The van der Waals surface area contributed by atoms with E-state index in [4.69, 9.17) is 0 Å². The largest absolute Gasteiger partial charge is 0.286 e. The summed E-state index contributed by atoms with van der Waals surface area (Å²) < 4.78 is 34.6. The highest BCUT2D eigenvalue weighted by molar-refractivity contribution is 7.85. The summed E-state index contributed by atoms with van der Waals surface area (Å²) in [5.41, 5.74) is 7.58. The summed E-state index contributed by atoms with van der Waals surface area (Å²) in [7, 11) is -3.97. The van der Waals surface area contributed by atoms with Crippen molar-refractivity contribution in [3.8, 4) is 0 Å². The molecule has 260 valence electrons. The second-order valence-electron chi connectivity index (χ2n) is 14.8. The van der Waals surface area contributed by atoms with Crippen molar-refractivity contribution >= 4 is 48.7 Å². The average molecular weight is 689 g/mol. The van der Waals surface area contributed by atoms with Gasteiger partial charge in [0, 0.05) is 35.8 Å². The zero-order chi connectivity index (χ0) is 35.5. The minimum atomic E-state index is -3.97. The number of benzene rings is 4. The molecule has 0 spiro atoms. The fraction of sp³-hybridized carbons (Fsp3) is 0.341. The molecule has 0 radical (unpaired) electrons. The highest BCUT2D eigenvalue weighted by Gasteiger charge is 2.47. The van der Waals surface area contributed by atoms with E-state index >= 15 is 0 Å². The smallest absolute Gasteiger partial charge is 0.264 e. The van der Waals surface area contributed by atoms with Gasteiger partial charge in [-0.3, -0.25) is 9.45 Å². The highest BCUT2D eigenvalue weighted by Crippen LogP contribution is 2.45. The second kappa shape index (κ2) is 14.6. The Kier molecular flexibility index (Phi) is 10.5. The lowest BCUT2D eigenvalue weighted by Crippen LogP contribution is -3.04. The number of allylic oxidation sites excluding steroid dienone is 8. The van der Waals surface area contributed by atoms with Gasteiger partial charge < -0.3 is 0 Å². The van der Waals surface area contributed by atoms with Gasteiger partial charge in [-0.2, -0.15) is 13.0 Å². The Labute approximate surface area is 298 Å². The first-order valence-corrected chi connectivity index (χ1v) is 19.8. The summed E-state index contributed by atoms with van der Waals surface area (Å²) >= 11 is 0. The third-order valence-corrected chi connectivity index (χ3v) is 11.5. The fourth-order valence-electron chi connectivity index (χ4n) is 8.30. The summed E-state index contributed by atoms with van der Waals surface area (Å²) in [6.07, 6.45) is 19.8. The first-order chi connectivity index (χ1) is 23.9. The summed E-state index contributed by atoms with van der Waals surface area (Å²) in [6, 6.07) is 26.3. The number of rotatable bonds is 13. The van der Waals surface area contributed by atoms with Crippen LogP contribution in [0, 0.1) is 0 Å². The van der Waals surface area contributed by atoms with Crippen LogP contribution in [-0.4, -0.2) is 42.1 Å². The normalized spacial score (nSPS) is 19.2. The van der Waals surface area contributed by atoms with Gasteiger partial charge in [0.15, 0.2) is 5.71 Å². The molecule has 0 amide bonds. The summed E-state index contributed by atoms with van der Waals surface area (Å²) in [6.45, 7) is 13.3. The fourth-order valence-corrected chi connectivity index (χ4v) is 8.87. The van der Waals surface area contributed by atoms with Gasteiger partial charge >= 0.3 is 0 Å². The number of nitrogens with zero attached hydrogens (tertiary/aromatic N) is 1. The van der Waals surface area contributed by atoms with Gasteiger partial charge in [-0.1, -0.05) is 92.3 Å². The molecule has 0 fully saturated rings. The number of unbranched alkanes of at least 4 members (excludes halogenated alkanes) is 3. The van der Waals surface area contributed by atoms with Crippen molar-refractivity contribution in [2.45, 2.75) is 77.6 Å². The van der Waals surface area contributed by atoms with Crippen LogP contribution >= 0.6 is 0 Å². The second-order valence-corrected chi connectivity index (χ2v) is 16.4. The Morgan fingerprint density at radius 1 is 0.720 bits per heavy atom. The minimum absolute atomic E-state index is 0.117. The van der Waals surface area contributed by atoms with Crippen molar-refractivity contribution < 1.29 is 22.4 Å². The van der Waals surface area contributed by atoms with E-state index < -0.39 is 10.1 Å². The van der Waals surface area contributed by atoms with Gasteiger partial charge in [0.05, 0.1) is 23.1 Å². The molecule has 4 aromatic rings. The number of quaternary nitrogens is 1. The first-order valence-electron chi connectivity index (χ1n) is 18.2. The van der Waals surface area contributed by atoms with Crippen molar-refractivity contribution in [1.29, 1.82) is 0 Å². The van der Waals surface area contributed by atoms with Crippen LogP contribution in [0.25, 0.3) is 21.5 Å². The molecule has 0 bridgehead atoms. The molecule has 2 heterocycles. The lowest BCUT2D eigenvalue weighted by Gasteiger charge is -2.21. The van der Waals surface area contributed by atoms with Crippen molar-refractivity contribution in [3.05, 3.63) is 132 Å². The molecule has 5 nitrogen and oxygen atoms in total. The zero-order valence-corrected chi connectivity index (χ0v) is 31.1. The molecule has 0 aliphatic carbocycles. The molecule has 4 aromatic carbocycles. The number of hydrogen-bond donors (Lipinski definition) is 2. The standard InChI is InChI=1S/C44H50N2O3S/c1-6-7-17-30-45-37-28-26-33-20-13-15-22-35(33)41(37)43(2,3)39(45)24-11-9-8-10-12-25-40-44(4,5)42-36-23-16-14-21-34(36)27-29-38(42)46(40)31-18-19-32-50(47,48)49/h8-16,20-29H,6-7,17-19,30-32H2,1-5H3/p+2. The maximum Gasteiger partial charge on any atom is 0.264 e. The van der Waals surface area contributed by atoms with Crippen molar-refractivity contribution in [2.75, 3.05) is 18.8 Å². The Bertz CT molecular complexity index is 2170. The topological polar surface area (TPSA) is 61.8 Å². The predicted molar refractivity (Wildman–Crippen MR) is 210 cm³/mol. The Balaban J connectivity index is 1.25. The van der Waals surface area contributed by atoms with Crippen LogP contribution in [0.15, 0.2) is 121 Å². The van der Waals surface area contributed by atoms with E-state index in [1.54, 1.807) is 0 Å². The molecular weight excluding hydrogens is 637 g/mol. The Morgan fingerprint density at radius 2 is 1.36 bits per heavy atom. The molecule has 6 rings (SSSR count). The minimum Gasteiger partial charge on any atom is -0.286 e. The SMILES string of the molecule is CCCCC[N+]1=C(/C=C/C=C/C=C/C=C2/[NH+](CCCCS(=O)(=O)O)c3ccc4ccccc4c3C2(C)C)C(C)(C)c2c1ccc1ccccc21. The third kappa shape index (κ3) is 7.07. The van der Waals surface area contributed by atoms with E-state index in [1.165, 1.54) is 79.6 Å². The molecule has 50 heavy (non-hydrogen) atoms. The Hall–Kier alpha value is -4.10. The maximum atomic E-state index is 11.4.